The smallest absolute Gasteiger partial charge is 0.257 e. The lowest BCUT2D eigenvalue weighted by molar-refractivity contribution is 0.0745. The number of alkyl halides is 1. The van der Waals surface area contributed by atoms with Gasteiger partial charge in [0.05, 0.1) is 5.56 Å². The van der Waals surface area contributed by atoms with Gasteiger partial charge in [0.1, 0.15) is 5.75 Å². The van der Waals surface area contributed by atoms with Crippen molar-refractivity contribution in [3.63, 3.8) is 0 Å². The van der Waals surface area contributed by atoms with Crippen LogP contribution in [0, 0.1) is 9.49 Å². The molecule has 0 aromatic heterocycles. The molecule has 1 N–H and O–H groups in total. The molecular weight excluding hydrogens is 409 g/mol. The van der Waals surface area contributed by atoms with E-state index in [4.69, 9.17) is 0 Å². The minimum atomic E-state index is -0.107. The van der Waals surface area contributed by atoms with Crippen LogP contribution in [0.25, 0.3) is 0 Å². The van der Waals surface area contributed by atoms with Gasteiger partial charge in [0, 0.05) is 22.0 Å². The minimum Gasteiger partial charge on any atom is -0.507 e. The summed E-state index contributed by atoms with van der Waals surface area (Å²) in [5.74, 6) is 0.525. The maximum atomic E-state index is 12.2. The summed E-state index contributed by atoms with van der Waals surface area (Å²) in [6.07, 6.45) is 2.24. The van der Waals surface area contributed by atoms with E-state index in [0.717, 1.165) is 23.0 Å². The highest BCUT2D eigenvalue weighted by Crippen LogP contribution is 2.34. The van der Waals surface area contributed by atoms with Crippen LogP contribution >= 0.6 is 38.5 Å². The monoisotopic (exact) mass is 423 g/mol. The highest BCUT2D eigenvalue weighted by Gasteiger charge is 2.29. The average Bonchev–Trinajstić information content (AvgIpc) is 2.29. The average molecular weight is 424 g/mol. The molecule has 0 radical (unpaired) electrons. The summed E-state index contributed by atoms with van der Waals surface area (Å²) in [5.41, 5.74) is 0.388. The Morgan fingerprint density at radius 2 is 2.22 bits per heavy atom. The van der Waals surface area contributed by atoms with Crippen molar-refractivity contribution < 1.29 is 9.90 Å². The Kier molecular flexibility index (Phi) is 4.53. The Morgan fingerprint density at radius 3 is 2.83 bits per heavy atom. The molecule has 1 amide bonds. The predicted octanol–water partition coefficient (Wildman–Crippen LogP) is 3.24. The third kappa shape index (κ3) is 3.17. The molecule has 1 aliphatic rings. The Labute approximate surface area is 129 Å². The van der Waals surface area contributed by atoms with Crippen LogP contribution in [0.5, 0.6) is 5.75 Å². The van der Waals surface area contributed by atoms with E-state index in [1.807, 2.05) is 0 Å². The number of amides is 1. The van der Waals surface area contributed by atoms with Crippen LogP contribution in [0.3, 0.4) is 0 Å². The van der Waals surface area contributed by atoms with Gasteiger partial charge >= 0.3 is 0 Å². The summed E-state index contributed by atoms with van der Waals surface area (Å²) < 4.78 is 0.950. The molecule has 0 bridgehead atoms. The van der Waals surface area contributed by atoms with E-state index in [0.29, 0.717) is 16.3 Å². The molecule has 0 unspecified atom stereocenters. The van der Waals surface area contributed by atoms with E-state index in [9.17, 15) is 9.90 Å². The van der Waals surface area contributed by atoms with Crippen LogP contribution in [0.4, 0.5) is 0 Å². The largest absolute Gasteiger partial charge is 0.507 e. The van der Waals surface area contributed by atoms with Gasteiger partial charge in [0.25, 0.3) is 5.91 Å². The summed E-state index contributed by atoms with van der Waals surface area (Å²) in [6, 6.07) is 5.08. The van der Waals surface area contributed by atoms with Gasteiger partial charge in [0.15, 0.2) is 0 Å². The van der Waals surface area contributed by atoms with E-state index >= 15 is 0 Å². The first-order chi connectivity index (χ1) is 8.47. The molecule has 0 heterocycles. The Morgan fingerprint density at radius 1 is 1.56 bits per heavy atom. The molecule has 0 aliphatic heterocycles. The van der Waals surface area contributed by atoms with Crippen LogP contribution in [0.15, 0.2) is 18.2 Å². The molecule has 2 rings (SSSR count). The van der Waals surface area contributed by atoms with Gasteiger partial charge in [-0.2, -0.15) is 0 Å². The van der Waals surface area contributed by atoms with Crippen molar-refractivity contribution in [2.24, 2.45) is 5.92 Å². The zero-order valence-corrected chi connectivity index (χ0v) is 13.8. The molecule has 18 heavy (non-hydrogen) atoms. The highest BCUT2D eigenvalue weighted by atomic mass is 127. The number of phenolic OH excluding ortho intramolecular Hbond substituents is 1. The van der Waals surface area contributed by atoms with Gasteiger partial charge < -0.3 is 10.0 Å². The van der Waals surface area contributed by atoms with Crippen LogP contribution in [0.1, 0.15) is 23.2 Å². The van der Waals surface area contributed by atoms with Crippen molar-refractivity contribution in [1.82, 2.24) is 4.90 Å². The normalized spacial score (nSPS) is 22.4. The number of rotatable bonds is 3. The molecule has 1 saturated carbocycles. The number of benzene rings is 1. The van der Waals surface area contributed by atoms with Crippen LogP contribution in [-0.2, 0) is 0 Å². The van der Waals surface area contributed by atoms with E-state index in [-0.39, 0.29) is 11.7 Å². The number of hydrogen-bond acceptors (Lipinski definition) is 2. The Bertz CT molecular complexity index is 460. The van der Waals surface area contributed by atoms with Crippen molar-refractivity contribution in [2.45, 2.75) is 17.7 Å². The van der Waals surface area contributed by atoms with Gasteiger partial charge in [-0.15, -0.1) is 0 Å². The fourth-order valence-electron chi connectivity index (χ4n) is 2.16. The topological polar surface area (TPSA) is 40.5 Å². The molecule has 0 saturated heterocycles. The number of hydrogen-bond donors (Lipinski definition) is 1. The number of phenols is 1. The molecule has 1 aromatic carbocycles. The van der Waals surface area contributed by atoms with Crippen molar-refractivity contribution >= 4 is 44.4 Å². The summed E-state index contributed by atoms with van der Waals surface area (Å²) in [5, 5.41) is 9.74. The molecule has 0 atom stereocenters. The molecule has 3 nitrogen and oxygen atoms in total. The van der Waals surface area contributed by atoms with Crippen molar-refractivity contribution in [1.29, 1.82) is 0 Å². The van der Waals surface area contributed by atoms with E-state index in [1.165, 1.54) is 0 Å². The zero-order chi connectivity index (χ0) is 13.3. The second kappa shape index (κ2) is 5.77. The van der Waals surface area contributed by atoms with E-state index < -0.39 is 0 Å². The second-order valence-corrected chi connectivity index (χ2v) is 7.32. The summed E-state index contributed by atoms with van der Waals surface area (Å²) in [6.45, 7) is 0.756. The fourth-order valence-corrected chi connectivity index (χ4v) is 3.71. The number of nitrogens with zero attached hydrogens (tertiary/aromatic N) is 1. The third-order valence-corrected chi connectivity index (χ3v) is 4.66. The molecule has 1 aliphatic carbocycles. The summed E-state index contributed by atoms with van der Waals surface area (Å²) >= 11 is 5.69. The lowest BCUT2D eigenvalue weighted by atomic mass is 9.85. The van der Waals surface area contributed by atoms with E-state index in [1.54, 1.807) is 30.1 Å². The van der Waals surface area contributed by atoms with Crippen molar-refractivity contribution in [2.75, 3.05) is 13.6 Å². The van der Waals surface area contributed by atoms with Crippen LogP contribution in [-0.4, -0.2) is 34.3 Å². The van der Waals surface area contributed by atoms with Crippen molar-refractivity contribution in [3.05, 3.63) is 27.3 Å². The standard InChI is InChI=1S/C13H15BrINO2/c1-16(7-8-4-9(14)5-8)13(18)11-6-10(15)2-3-12(11)17/h2-3,6,8-9,17H,4-5,7H2,1H3. The Balaban J connectivity index is 2.03. The molecule has 0 spiro atoms. The minimum absolute atomic E-state index is 0.0549. The number of carbonyl (C=O) groups is 1. The first-order valence-electron chi connectivity index (χ1n) is 5.85. The first kappa shape index (κ1) is 14.1. The molecule has 98 valence electrons. The maximum Gasteiger partial charge on any atom is 0.257 e. The molecule has 5 heteroatoms. The lowest BCUT2D eigenvalue weighted by Gasteiger charge is -2.34. The SMILES string of the molecule is CN(CC1CC(Br)C1)C(=O)c1cc(I)ccc1O. The number of carbonyl (C=O) groups excluding carboxylic acids is 1. The number of aromatic hydroxyl groups is 1. The van der Waals surface area contributed by atoms with Gasteiger partial charge in [-0.1, -0.05) is 15.9 Å². The predicted molar refractivity (Wildman–Crippen MR) is 83.2 cm³/mol. The Hall–Kier alpha value is -0.300. The molecule has 1 aromatic rings. The van der Waals surface area contributed by atoms with Gasteiger partial charge in [0.2, 0.25) is 0 Å². The highest BCUT2D eigenvalue weighted by molar-refractivity contribution is 14.1. The van der Waals surface area contributed by atoms with E-state index in [2.05, 4.69) is 38.5 Å². The fraction of sp³-hybridized carbons (Fsp3) is 0.462. The van der Waals surface area contributed by atoms with Crippen molar-refractivity contribution in [3.8, 4) is 5.75 Å². The summed E-state index contributed by atoms with van der Waals surface area (Å²) in [4.78, 5) is 14.5. The molecule has 1 fully saturated rings. The zero-order valence-electron chi connectivity index (χ0n) is 10.1. The van der Waals surface area contributed by atoms with Gasteiger partial charge in [-0.25, -0.2) is 0 Å². The van der Waals surface area contributed by atoms with Gasteiger partial charge in [-0.05, 0) is 59.5 Å². The van der Waals surface area contributed by atoms with Gasteiger partial charge in [-0.3, -0.25) is 4.79 Å². The van der Waals surface area contributed by atoms with Crippen LogP contribution in [0.2, 0.25) is 0 Å². The van der Waals surface area contributed by atoms with Crippen LogP contribution < -0.4 is 0 Å². The summed E-state index contributed by atoms with van der Waals surface area (Å²) in [7, 11) is 1.79. The molecular formula is C13H15BrINO2. The third-order valence-electron chi connectivity index (χ3n) is 3.25. The first-order valence-corrected chi connectivity index (χ1v) is 7.85. The maximum absolute atomic E-state index is 12.2. The number of halogens is 2. The second-order valence-electron chi connectivity index (χ2n) is 4.78. The lowest BCUT2D eigenvalue weighted by Crippen LogP contribution is -2.37. The quantitative estimate of drug-likeness (QED) is 0.598.